The molecular formula is C11H11F4NO3. The average molecular weight is 281 g/mol. The molecule has 8 heteroatoms. The monoisotopic (exact) mass is 281 g/mol. The lowest BCUT2D eigenvalue weighted by Crippen LogP contribution is -2.33. The molecule has 0 heterocycles. The number of esters is 1. The van der Waals surface area contributed by atoms with E-state index in [0.29, 0.717) is 0 Å². The van der Waals surface area contributed by atoms with Gasteiger partial charge in [0.15, 0.2) is 11.6 Å². The Morgan fingerprint density at radius 3 is 2.53 bits per heavy atom. The van der Waals surface area contributed by atoms with E-state index in [0.717, 1.165) is 19.2 Å². The summed E-state index contributed by atoms with van der Waals surface area (Å²) < 4.78 is 56.9. The first-order valence-corrected chi connectivity index (χ1v) is 5.10. The number of nitrogens with two attached hydrogens (primary N) is 1. The van der Waals surface area contributed by atoms with Crippen molar-refractivity contribution in [2.24, 2.45) is 5.73 Å². The maximum atomic E-state index is 13.3. The van der Waals surface area contributed by atoms with Gasteiger partial charge in [0.1, 0.15) is 6.04 Å². The summed E-state index contributed by atoms with van der Waals surface area (Å²) in [7, 11) is 1.14. The molecule has 1 atom stereocenters. The number of carbonyl (C=O) groups excluding carboxylic acids is 1. The summed E-state index contributed by atoms with van der Waals surface area (Å²) >= 11 is 0. The molecular weight excluding hydrogens is 270 g/mol. The van der Waals surface area contributed by atoms with Gasteiger partial charge >= 0.3 is 12.3 Å². The van der Waals surface area contributed by atoms with Crippen LogP contribution in [0.25, 0.3) is 0 Å². The van der Waals surface area contributed by atoms with E-state index < -0.39 is 29.9 Å². The minimum Gasteiger partial charge on any atom is -0.468 e. The van der Waals surface area contributed by atoms with Gasteiger partial charge < -0.3 is 15.2 Å². The number of rotatable bonds is 4. The average Bonchev–Trinajstić information content (AvgIpc) is 2.30. The summed E-state index contributed by atoms with van der Waals surface area (Å²) in [6, 6.07) is 1.82. The van der Waals surface area contributed by atoms with Crippen LogP contribution in [0.15, 0.2) is 18.2 Å². The van der Waals surface area contributed by atoms with Crippen molar-refractivity contribution in [2.75, 3.05) is 7.11 Å². The highest BCUT2D eigenvalue weighted by Crippen LogP contribution is 2.26. The second-order valence-corrected chi connectivity index (χ2v) is 3.65. The normalized spacial score (nSPS) is 12.9. The minimum absolute atomic E-state index is 0.0596. The van der Waals surface area contributed by atoms with Crippen LogP contribution in [0.2, 0.25) is 0 Å². The fourth-order valence-electron chi connectivity index (χ4n) is 1.37. The van der Waals surface area contributed by atoms with Crippen molar-refractivity contribution in [3.8, 4) is 5.75 Å². The minimum atomic E-state index is -4.97. The van der Waals surface area contributed by atoms with E-state index in [-0.39, 0.29) is 12.0 Å². The van der Waals surface area contributed by atoms with E-state index in [1.165, 1.54) is 6.07 Å². The van der Waals surface area contributed by atoms with E-state index in [1.54, 1.807) is 0 Å². The van der Waals surface area contributed by atoms with Crippen LogP contribution in [0.5, 0.6) is 5.75 Å². The lowest BCUT2D eigenvalue weighted by molar-refractivity contribution is -0.275. The fourth-order valence-corrected chi connectivity index (χ4v) is 1.37. The van der Waals surface area contributed by atoms with Crippen LogP contribution >= 0.6 is 0 Å². The molecule has 1 aromatic rings. The second kappa shape index (κ2) is 5.87. The lowest BCUT2D eigenvalue weighted by Gasteiger charge is -2.12. The van der Waals surface area contributed by atoms with Gasteiger partial charge in [-0.05, 0) is 24.1 Å². The molecule has 1 rings (SSSR count). The first-order chi connectivity index (χ1) is 8.73. The molecule has 0 radical (unpaired) electrons. The van der Waals surface area contributed by atoms with Crippen molar-refractivity contribution >= 4 is 5.97 Å². The summed E-state index contributed by atoms with van der Waals surface area (Å²) in [5.74, 6) is -2.83. The van der Waals surface area contributed by atoms with E-state index in [4.69, 9.17) is 5.73 Å². The maximum absolute atomic E-state index is 13.3. The number of ether oxygens (including phenoxy) is 2. The van der Waals surface area contributed by atoms with Gasteiger partial charge in [-0.25, -0.2) is 4.39 Å². The lowest BCUT2D eigenvalue weighted by atomic mass is 10.1. The summed E-state index contributed by atoms with van der Waals surface area (Å²) in [4.78, 5) is 11.0. The molecule has 0 unspecified atom stereocenters. The molecule has 0 saturated carbocycles. The predicted octanol–water partition coefficient (Wildman–Crippen LogP) is 1.77. The van der Waals surface area contributed by atoms with Gasteiger partial charge in [0.05, 0.1) is 7.11 Å². The van der Waals surface area contributed by atoms with Gasteiger partial charge in [0.2, 0.25) is 0 Å². The van der Waals surface area contributed by atoms with Gasteiger partial charge in [0, 0.05) is 0 Å². The number of carbonyl (C=O) groups is 1. The Hall–Kier alpha value is -1.83. The van der Waals surface area contributed by atoms with Crippen LogP contribution < -0.4 is 10.5 Å². The van der Waals surface area contributed by atoms with Crippen LogP contribution in [0.4, 0.5) is 17.6 Å². The number of hydrogen-bond donors (Lipinski definition) is 1. The standard InChI is InChI=1S/C11H11F4NO3/c1-18-10(17)8(16)5-6-2-3-9(7(12)4-6)19-11(13,14)15/h2-4,8H,5,16H2,1H3/t8-/m0/s1. The summed E-state index contributed by atoms with van der Waals surface area (Å²) in [5, 5.41) is 0. The molecule has 0 bridgehead atoms. The van der Waals surface area contributed by atoms with Crippen LogP contribution in [-0.2, 0) is 16.0 Å². The van der Waals surface area contributed by atoms with Gasteiger partial charge in [0.25, 0.3) is 0 Å². The van der Waals surface area contributed by atoms with E-state index in [1.807, 2.05) is 0 Å². The van der Waals surface area contributed by atoms with Crippen LogP contribution in [0.1, 0.15) is 5.56 Å². The molecule has 0 saturated heterocycles. The van der Waals surface area contributed by atoms with Crippen LogP contribution in [0.3, 0.4) is 0 Å². The largest absolute Gasteiger partial charge is 0.573 e. The molecule has 0 aliphatic heterocycles. The third-order valence-corrected chi connectivity index (χ3v) is 2.18. The van der Waals surface area contributed by atoms with E-state index >= 15 is 0 Å². The topological polar surface area (TPSA) is 61.5 Å². The Balaban J connectivity index is 2.80. The highest BCUT2D eigenvalue weighted by molar-refractivity contribution is 5.75. The number of methoxy groups -OCH3 is 1. The maximum Gasteiger partial charge on any atom is 0.573 e. The SMILES string of the molecule is COC(=O)[C@@H](N)Cc1ccc(OC(F)(F)F)c(F)c1. The van der Waals surface area contributed by atoms with Crippen LogP contribution in [0, 0.1) is 5.82 Å². The van der Waals surface area contributed by atoms with Crippen molar-refractivity contribution in [2.45, 2.75) is 18.8 Å². The third-order valence-electron chi connectivity index (χ3n) is 2.18. The van der Waals surface area contributed by atoms with Gasteiger partial charge in [-0.15, -0.1) is 13.2 Å². The quantitative estimate of drug-likeness (QED) is 0.675. The first kappa shape index (κ1) is 15.2. The van der Waals surface area contributed by atoms with Crippen molar-refractivity contribution in [3.05, 3.63) is 29.6 Å². The fraction of sp³-hybridized carbons (Fsp3) is 0.364. The first-order valence-electron chi connectivity index (χ1n) is 5.10. The smallest absolute Gasteiger partial charge is 0.468 e. The Labute approximate surface area is 106 Å². The molecule has 106 valence electrons. The van der Waals surface area contributed by atoms with E-state index in [2.05, 4.69) is 9.47 Å². The molecule has 1 aromatic carbocycles. The second-order valence-electron chi connectivity index (χ2n) is 3.65. The number of alkyl halides is 3. The van der Waals surface area contributed by atoms with Crippen molar-refractivity contribution in [3.63, 3.8) is 0 Å². The number of benzene rings is 1. The molecule has 0 aliphatic rings. The number of halogens is 4. The van der Waals surface area contributed by atoms with Gasteiger partial charge in [-0.2, -0.15) is 0 Å². The highest BCUT2D eigenvalue weighted by Gasteiger charge is 2.32. The molecule has 0 spiro atoms. The molecule has 19 heavy (non-hydrogen) atoms. The van der Waals surface area contributed by atoms with Crippen molar-refractivity contribution in [1.82, 2.24) is 0 Å². The molecule has 4 nitrogen and oxygen atoms in total. The zero-order valence-electron chi connectivity index (χ0n) is 9.83. The highest BCUT2D eigenvalue weighted by atomic mass is 19.4. The van der Waals surface area contributed by atoms with Gasteiger partial charge in [-0.3, -0.25) is 4.79 Å². The van der Waals surface area contributed by atoms with Crippen molar-refractivity contribution in [1.29, 1.82) is 0 Å². The Morgan fingerprint density at radius 2 is 2.05 bits per heavy atom. The molecule has 0 amide bonds. The Bertz CT molecular complexity index is 462. The molecule has 0 aliphatic carbocycles. The molecule has 0 fully saturated rings. The summed E-state index contributed by atoms with van der Waals surface area (Å²) in [6.07, 6.45) is -5.03. The molecule has 0 aromatic heterocycles. The van der Waals surface area contributed by atoms with Gasteiger partial charge in [-0.1, -0.05) is 6.07 Å². The zero-order valence-corrected chi connectivity index (χ0v) is 9.83. The van der Waals surface area contributed by atoms with Crippen LogP contribution in [-0.4, -0.2) is 25.5 Å². The van der Waals surface area contributed by atoms with Crippen molar-refractivity contribution < 1.29 is 31.8 Å². The molecule has 2 N–H and O–H groups in total. The Kier molecular flexibility index (Phi) is 4.71. The Morgan fingerprint density at radius 1 is 1.42 bits per heavy atom. The zero-order chi connectivity index (χ0) is 14.6. The summed E-state index contributed by atoms with van der Waals surface area (Å²) in [5.41, 5.74) is 5.70. The number of hydrogen-bond acceptors (Lipinski definition) is 4. The summed E-state index contributed by atoms with van der Waals surface area (Å²) in [6.45, 7) is 0. The third kappa shape index (κ3) is 4.74. The van der Waals surface area contributed by atoms with E-state index in [9.17, 15) is 22.4 Å². The predicted molar refractivity (Wildman–Crippen MR) is 56.8 cm³/mol.